The van der Waals surface area contributed by atoms with Gasteiger partial charge in [-0.1, -0.05) is 0 Å². The zero-order valence-electron chi connectivity index (χ0n) is 12.1. The number of hydrogen-bond acceptors (Lipinski definition) is 3. The molecule has 2 aromatic rings. The maximum Gasteiger partial charge on any atom is 0.153 e. The van der Waals surface area contributed by atoms with Gasteiger partial charge in [-0.3, -0.25) is 0 Å². The molecule has 106 valence electrons. The standard InChI is InChI=1S/C15H21N5/c1-11-16-12-6-2-3-7-13(12)20(11)10-15-18-17-14-8-4-5-9-19(14)15/h2-10H2,1H3. The highest BCUT2D eigenvalue weighted by atomic mass is 15.3. The van der Waals surface area contributed by atoms with E-state index in [4.69, 9.17) is 4.98 Å². The van der Waals surface area contributed by atoms with E-state index in [9.17, 15) is 0 Å². The van der Waals surface area contributed by atoms with E-state index in [-0.39, 0.29) is 0 Å². The Morgan fingerprint density at radius 1 is 1.00 bits per heavy atom. The molecule has 0 fully saturated rings. The number of imidazole rings is 1. The molecule has 0 atom stereocenters. The molecule has 4 rings (SSSR count). The van der Waals surface area contributed by atoms with E-state index in [1.165, 1.54) is 37.1 Å². The van der Waals surface area contributed by atoms with Crippen molar-refractivity contribution in [3.63, 3.8) is 0 Å². The van der Waals surface area contributed by atoms with E-state index < -0.39 is 0 Å². The Balaban J connectivity index is 1.69. The van der Waals surface area contributed by atoms with Crippen LogP contribution in [0.15, 0.2) is 0 Å². The van der Waals surface area contributed by atoms with E-state index >= 15 is 0 Å². The molecule has 0 amide bonds. The summed E-state index contributed by atoms with van der Waals surface area (Å²) in [5.41, 5.74) is 2.74. The Bertz CT molecular complexity index is 637. The van der Waals surface area contributed by atoms with Gasteiger partial charge in [-0.25, -0.2) is 4.98 Å². The molecular formula is C15H21N5. The van der Waals surface area contributed by atoms with Gasteiger partial charge in [0.05, 0.1) is 12.2 Å². The monoisotopic (exact) mass is 271 g/mol. The van der Waals surface area contributed by atoms with Crippen LogP contribution < -0.4 is 0 Å². The highest BCUT2D eigenvalue weighted by molar-refractivity contribution is 5.21. The number of nitrogens with zero attached hydrogens (tertiary/aromatic N) is 5. The van der Waals surface area contributed by atoms with Gasteiger partial charge in [-0.2, -0.15) is 0 Å². The number of aryl methyl sites for hydroxylation is 3. The van der Waals surface area contributed by atoms with Crippen LogP contribution in [-0.2, 0) is 32.4 Å². The minimum atomic E-state index is 0.834. The Labute approximate surface area is 119 Å². The summed E-state index contributed by atoms with van der Waals surface area (Å²) in [7, 11) is 0. The van der Waals surface area contributed by atoms with Crippen LogP contribution >= 0.6 is 0 Å². The molecule has 2 aromatic heterocycles. The van der Waals surface area contributed by atoms with Crippen LogP contribution in [0.5, 0.6) is 0 Å². The maximum atomic E-state index is 4.75. The van der Waals surface area contributed by atoms with Crippen molar-refractivity contribution in [1.29, 1.82) is 0 Å². The first-order valence-electron chi connectivity index (χ1n) is 7.79. The Morgan fingerprint density at radius 2 is 1.85 bits per heavy atom. The summed E-state index contributed by atoms with van der Waals surface area (Å²) in [4.78, 5) is 4.75. The van der Waals surface area contributed by atoms with Gasteiger partial charge in [0.1, 0.15) is 11.6 Å². The molecule has 20 heavy (non-hydrogen) atoms. The minimum absolute atomic E-state index is 0.834. The van der Waals surface area contributed by atoms with Crippen molar-refractivity contribution in [3.05, 3.63) is 28.9 Å². The topological polar surface area (TPSA) is 48.5 Å². The van der Waals surface area contributed by atoms with Gasteiger partial charge in [0.15, 0.2) is 5.82 Å². The fourth-order valence-corrected chi connectivity index (χ4v) is 3.57. The van der Waals surface area contributed by atoms with E-state index in [2.05, 4.69) is 26.3 Å². The molecule has 0 radical (unpaired) electrons. The largest absolute Gasteiger partial charge is 0.324 e. The third kappa shape index (κ3) is 1.87. The van der Waals surface area contributed by atoms with Gasteiger partial charge >= 0.3 is 0 Å². The summed E-state index contributed by atoms with van der Waals surface area (Å²) in [6, 6.07) is 0. The van der Waals surface area contributed by atoms with Crippen molar-refractivity contribution in [2.75, 3.05) is 0 Å². The quantitative estimate of drug-likeness (QED) is 0.840. The first-order valence-corrected chi connectivity index (χ1v) is 7.79. The fourth-order valence-electron chi connectivity index (χ4n) is 3.57. The average molecular weight is 271 g/mol. The lowest BCUT2D eigenvalue weighted by molar-refractivity contribution is 0.497. The second-order valence-electron chi connectivity index (χ2n) is 5.99. The van der Waals surface area contributed by atoms with Gasteiger partial charge in [-0.05, 0) is 45.4 Å². The van der Waals surface area contributed by atoms with Gasteiger partial charge in [0.25, 0.3) is 0 Å². The van der Waals surface area contributed by atoms with E-state index in [0.29, 0.717) is 0 Å². The van der Waals surface area contributed by atoms with Crippen LogP contribution in [0.4, 0.5) is 0 Å². The number of aromatic nitrogens is 5. The Hall–Kier alpha value is -1.65. The second kappa shape index (κ2) is 4.72. The fraction of sp³-hybridized carbons (Fsp3) is 0.667. The van der Waals surface area contributed by atoms with Gasteiger partial charge in [0.2, 0.25) is 0 Å². The summed E-state index contributed by atoms with van der Waals surface area (Å²) >= 11 is 0. The summed E-state index contributed by atoms with van der Waals surface area (Å²) < 4.78 is 4.68. The SMILES string of the molecule is Cc1nc2c(n1Cc1nnc3n1CCCC3)CCCC2. The Morgan fingerprint density at radius 3 is 2.80 bits per heavy atom. The highest BCUT2D eigenvalue weighted by Gasteiger charge is 2.21. The molecule has 0 spiro atoms. The van der Waals surface area contributed by atoms with Crippen molar-refractivity contribution in [1.82, 2.24) is 24.3 Å². The summed E-state index contributed by atoms with van der Waals surface area (Å²) in [5.74, 6) is 3.40. The molecule has 5 heteroatoms. The van der Waals surface area contributed by atoms with Crippen LogP contribution in [-0.4, -0.2) is 24.3 Å². The Kier molecular flexibility index (Phi) is 2.86. The third-order valence-corrected chi connectivity index (χ3v) is 4.66. The molecule has 0 aromatic carbocycles. The normalized spacial score (nSPS) is 17.9. The van der Waals surface area contributed by atoms with Gasteiger partial charge in [-0.15, -0.1) is 10.2 Å². The summed E-state index contributed by atoms with van der Waals surface area (Å²) in [5, 5.41) is 8.79. The van der Waals surface area contributed by atoms with Crippen LogP contribution in [0.2, 0.25) is 0 Å². The average Bonchev–Trinajstić information content (AvgIpc) is 3.02. The van der Waals surface area contributed by atoms with Crippen molar-refractivity contribution in [2.24, 2.45) is 0 Å². The van der Waals surface area contributed by atoms with Crippen LogP contribution in [0.25, 0.3) is 0 Å². The summed E-state index contributed by atoms with van der Waals surface area (Å²) in [6.45, 7) is 4.03. The molecule has 0 bridgehead atoms. The molecule has 5 nitrogen and oxygen atoms in total. The van der Waals surface area contributed by atoms with E-state index in [1.807, 2.05) is 0 Å². The molecule has 1 aliphatic carbocycles. The van der Waals surface area contributed by atoms with Crippen molar-refractivity contribution in [3.8, 4) is 0 Å². The molecule has 1 aliphatic heterocycles. The molecular weight excluding hydrogens is 250 g/mol. The highest BCUT2D eigenvalue weighted by Crippen LogP contribution is 2.23. The number of hydrogen-bond donors (Lipinski definition) is 0. The molecule has 3 heterocycles. The first kappa shape index (κ1) is 12.1. The summed E-state index contributed by atoms with van der Waals surface area (Å²) in [6.07, 6.45) is 8.45. The van der Waals surface area contributed by atoms with Gasteiger partial charge < -0.3 is 9.13 Å². The van der Waals surface area contributed by atoms with E-state index in [1.54, 1.807) is 0 Å². The molecule has 2 aliphatic rings. The number of rotatable bonds is 2. The van der Waals surface area contributed by atoms with Crippen molar-refractivity contribution in [2.45, 2.75) is 65.0 Å². The van der Waals surface area contributed by atoms with Crippen LogP contribution in [0.1, 0.15) is 54.5 Å². The maximum absolute atomic E-state index is 4.75. The third-order valence-electron chi connectivity index (χ3n) is 4.66. The second-order valence-corrected chi connectivity index (χ2v) is 5.99. The molecule has 0 saturated heterocycles. The zero-order chi connectivity index (χ0) is 13.5. The molecule has 0 unspecified atom stereocenters. The lowest BCUT2D eigenvalue weighted by Crippen LogP contribution is -2.17. The van der Waals surface area contributed by atoms with Crippen molar-refractivity contribution < 1.29 is 0 Å². The first-order chi connectivity index (χ1) is 9.83. The van der Waals surface area contributed by atoms with Gasteiger partial charge in [0, 0.05) is 18.7 Å². The zero-order valence-corrected chi connectivity index (χ0v) is 12.1. The van der Waals surface area contributed by atoms with Crippen LogP contribution in [0.3, 0.4) is 0 Å². The predicted molar refractivity (Wildman–Crippen MR) is 75.7 cm³/mol. The number of fused-ring (bicyclic) bond motifs is 2. The molecule has 0 saturated carbocycles. The lowest BCUT2D eigenvalue weighted by Gasteiger charge is -2.17. The van der Waals surface area contributed by atoms with E-state index in [0.717, 1.165) is 49.8 Å². The lowest BCUT2D eigenvalue weighted by atomic mass is 10.0. The predicted octanol–water partition coefficient (Wildman–Crippen LogP) is 2.05. The smallest absolute Gasteiger partial charge is 0.153 e. The minimum Gasteiger partial charge on any atom is -0.324 e. The van der Waals surface area contributed by atoms with Crippen molar-refractivity contribution >= 4 is 0 Å². The van der Waals surface area contributed by atoms with Crippen LogP contribution in [0, 0.1) is 6.92 Å². The molecule has 0 N–H and O–H groups in total.